The van der Waals surface area contributed by atoms with Gasteiger partial charge in [0.1, 0.15) is 0 Å². The van der Waals surface area contributed by atoms with Crippen LogP contribution in [0.5, 0.6) is 0 Å². The molecule has 176 valence electrons. The lowest BCUT2D eigenvalue weighted by Gasteiger charge is -2.28. The molecule has 0 aliphatic heterocycles. The fraction of sp³-hybridized carbons (Fsp3) is 0.265. The van der Waals surface area contributed by atoms with Gasteiger partial charge in [-0.1, -0.05) is 96.1 Å². The highest BCUT2D eigenvalue weighted by Crippen LogP contribution is 2.51. The maximum atomic E-state index is 4.78. The molecule has 0 spiro atoms. The Hall–Kier alpha value is -3.45. The lowest BCUT2D eigenvalue weighted by molar-refractivity contribution is 0.706. The minimum absolute atomic E-state index is 0.103. The molecule has 0 bridgehead atoms. The zero-order chi connectivity index (χ0) is 24.7. The monoisotopic (exact) mass is 457 g/mol. The standard InChI is InChI=1S/C34H35N/c1-22(2)24-12-14-25(15-13-24)30-19-28(32-21-27(23(3)4)16-17-35-32)18-29-20-31(34(5,6)33(29)30)26-10-8-7-9-11-26/h7-23H,1-6H3. The van der Waals surface area contributed by atoms with Crippen molar-refractivity contribution in [2.45, 2.75) is 58.8 Å². The van der Waals surface area contributed by atoms with Crippen molar-refractivity contribution >= 4 is 11.6 Å². The highest BCUT2D eigenvalue weighted by Gasteiger charge is 2.36. The van der Waals surface area contributed by atoms with Crippen molar-refractivity contribution in [1.29, 1.82) is 0 Å². The predicted molar refractivity (Wildman–Crippen MR) is 151 cm³/mol. The van der Waals surface area contributed by atoms with Crippen LogP contribution in [0.2, 0.25) is 0 Å². The van der Waals surface area contributed by atoms with Gasteiger partial charge in [0.2, 0.25) is 0 Å². The summed E-state index contributed by atoms with van der Waals surface area (Å²) in [4.78, 5) is 4.78. The molecule has 1 aromatic heterocycles. The second-order valence-electron chi connectivity index (χ2n) is 10.9. The van der Waals surface area contributed by atoms with Crippen LogP contribution >= 0.6 is 0 Å². The normalized spacial score (nSPS) is 14.3. The van der Waals surface area contributed by atoms with E-state index >= 15 is 0 Å². The summed E-state index contributed by atoms with van der Waals surface area (Å²) in [6.07, 6.45) is 4.34. The molecule has 3 aromatic carbocycles. The Kier molecular flexibility index (Phi) is 5.97. The Morgan fingerprint density at radius 1 is 0.657 bits per heavy atom. The van der Waals surface area contributed by atoms with E-state index in [-0.39, 0.29) is 5.41 Å². The lowest BCUT2D eigenvalue weighted by atomic mass is 9.75. The van der Waals surface area contributed by atoms with Gasteiger partial charge >= 0.3 is 0 Å². The van der Waals surface area contributed by atoms with E-state index in [1.54, 1.807) is 0 Å². The summed E-state index contributed by atoms with van der Waals surface area (Å²) in [5.41, 5.74) is 12.7. The maximum Gasteiger partial charge on any atom is 0.0705 e. The SMILES string of the molecule is CC(C)c1ccc(-c2cc(-c3cc(C(C)C)ccn3)cc3c2C(C)(C)C(c2ccccc2)=C3)cc1. The van der Waals surface area contributed by atoms with Gasteiger partial charge in [-0.2, -0.15) is 0 Å². The molecule has 1 aliphatic carbocycles. The zero-order valence-electron chi connectivity index (χ0n) is 21.8. The van der Waals surface area contributed by atoms with E-state index < -0.39 is 0 Å². The van der Waals surface area contributed by atoms with E-state index in [0.29, 0.717) is 11.8 Å². The summed E-state index contributed by atoms with van der Waals surface area (Å²) < 4.78 is 0. The van der Waals surface area contributed by atoms with E-state index in [1.807, 2.05) is 6.20 Å². The molecule has 0 atom stereocenters. The Labute approximate surface area is 210 Å². The van der Waals surface area contributed by atoms with Crippen LogP contribution in [0.3, 0.4) is 0 Å². The van der Waals surface area contributed by atoms with Gasteiger partial charge in [-0.15, -0.1) is 0 Å². The van der Waals surface area contributed by atoms with Gasteiger partial charge in [-0.25, -0.2) is 0 Å². The summed E-state index contributed by atoms with van der Waals surface area (Å²) in [7, 11) is 0. The summed E-state index contributed by atoms with van der Waals surface area (Å²) in [5, 5.41) is 0. The third kappa shape index (κ3) is 4.25. The molecular formula is C34H35N. The second kappa shape index (κ2) is 8.96. The highest BCUT2D eigenvalue weighted by atomic mass is 14.7. The molecule has 0 saturated heterocycles. The first kappa shape index (κ1) is 23.3. The Morgan fingerprint density at radius 2 is 1.34 bits per heavy atom. The largest absolute Gasteiger partial charge is 0.256 e. The van der Waals surface area contributed by atoms with Crippen molar-refractivity contribution in [2.24, 2.45) is 0 Å². The number of hydrogen-bond acceptors (Lipinski definition) is 1. The predicted octanol–water partition coefficient (Wildman–Crippen LogP) is 9.49. The number of pyridine rings is 1. The molecule has 0 N–H and O–H groups in total. The first-order valence-corrected chi connectivity index (χ1v) is 12.8. The number of aromatic nitrogens is 1. The zero-order valence-corrected chi connectivity index (χ0v) is 21.8. The molecule has 0 radical (unpaired) electrons. The molecule has 1 aliphatic rings. The Morgan fingerprint density at radius 3 is 2.00 bits per heavy atom. The molecule has 1 heteroatoms. The molecule has 0 amide bonds. The number of allylic oxidation sites excluding steroid dienone is 1. The molecule has 0 saturated carbocycles. The number of nitrogens with zero attached hydrogens (tertiary/aromatic N) is 1. The van der Waals surface area contributed by atoms with Gasteiger partial charge in [0.05, 0.1) is 5.69 Å². The van der Waals surface area contributed by atoms with E-state index in [2.05, 4.69) is 126 Å². The lowest BCUT2D eigenvalue weighted by Crippen LogP contribution is -2.18. The number of fused-ring (bicyclic) bond motifs is 1. The van der Waals surface area contributed by atoms with Crippen molar-refractivity contribution < 1.29 is 0 Å². The summed E-state index contributed by atoms with van der Waals surface area (Å²) in [5.74, 6) is 0.990. The molecule has 0 unspecified atom stereocenters. The van der Waals surface area contributed by atoms with Crippen LogP contribution in [-0.4, -0.2) is 4.98 Å². The van der Waals surface area contributed by atoms with E-state index in [9.17, 15) is 0 Å². The maximum absolute atomic E-state index is 4.78. The van der Waals surface area contributed by atoms with Crippen molar-refractivity contribution in [1.82, 2.24) is 4.98 Å². The first-order valence-electron chi connectivity index (χ1n) is 12.8. The minimum atomic E-state index is -0.103. The molecular weight excluding hydrogens is 422 g/mol. The highest BCUT2D eigenvalue weighted by molar-refractivity contribution is 5.98. The van der Waals surface area contributed by atoms with Crippen LogP contribution in [0.4, 0.5) is 0 Å². The third-order valence-electron chi connectivity index (χ3n) is 7.49. The molecule has 1 heterocycles. The number of benzene rings is 3. The van der Waals surface area contributed by atoms with Crippen molar-refractivity contribution in [3.63, 3.8) is 0 Å². The van der Waals surface area contributed by atoms with Crippen LogP contribution < -0.4 is 0 Å². The molecule has 0 fully saturated rings. The minimum Gasteiger partial charge on any atom is -0.256 e. The number of rotatable bonds is 5. The van der Waals surface area contributed by atoms with Crippen LogP contribution in [0, 0.1) is 0 Å². The quantitative estimate of drug-likeness (QED) is 0.291. The van der Waals surface area contributed by atoms with Crippen LogP contribution in [0.15, 0.2) is 85.1 Å². The van der Waals surface area contributed by atoms with E-state index in [1.165, 1.54) is 50.1 Å². The van der Waals surface area contributed by atoms with Crippen molar-refractivity contribution in [2.75, 3.05) is 0 Å². The van der Waals surface area contributed by atoms with Gasteiger partial charge in [-0.3, -0.25) is 4.98 Å². The van der Waals surface area contributed by atoms with Crippen LogP contribution in [-0.2, 0) is 5.41 Å². The van der Waals surface area contributed by atoms with Gasteiger partial charge in [0.15, 0.2) is 0 Å². The van der Waals surface area contributed by atoms with Crippen LogP contribution in [0.1, 0.15) is 81.2 Å². The van der Waals surface area contributed by atoms with Gasteiger partial charge in [0.25, 0.3) is 0 Å². The van der Waals surface area contributed by atoms with Crippen LogP contribution in [0.25, 0.3) is 34.0 Å². The topological polar surface area (TPSA) is 12.9 Å². The van der Waals surface area contributed by atoms with Gasteiger partial charge in [0, 0.05) is 17.2 Å². The summed E-state index contributed by atoms with van der Waals surface area (Å²) in [6, 6.07) is 29.0. The molecule has 5 rings (SSSR count). The smallest absolute Gasteiger partial charge is 0.0705 e. The van der Waals surface area contributed by atoms with E-state index in [4.69, 9.17) is 4.98 Å². The third-order valence-corrected chi connectivity index (χ3v) is 7.49. The summed E-state index contributed by atoms with van der Waals surface area (Å²) in [6.45, 7) is 13.7. The molecule has 35 heavy (non-hydrogen) atoms. The fourth-order valence-electron chi connectivity index (χ4n) is 5.40. The average molecular weight is 458 g/mol. The Balaban J connectivity index is 1.73. The van der Waals surface area contributed by atoms with Gasteiger partial charge in [-0.05, 0) is 86.7 Å². The van der Waals surface area contributed by atoms with E-state index in [0.717, 1.165) is 5.69 Å². The molecule has 4 aromatic rings. The van der Waals surface area contributed by atoms with Crippen molar-refractivity contribution in [3.05, 3.63) is 113 Å². The number of hydrogen-bond donors (Lipinski definition) is 0. The molecule has 1 nitrogen and oxygen atoms in total. The Bertz CT molecular complexity index is 1390. The summed E-state index contributed by atoms with van der Waals surface area (Å²) >= 11 is 0. The fourth-order valence-corrected chi connectivity index (χ4v) is 5.40. The van der Waals surface area contributed by atoms with Crippen molar-refractivity contribution in [3.8, 4) is 22.4 Å². The second-order valence-corrected chi connectivity index (χ2v) is 10.9. The van der Waals surface area contributed by atoms with Gasteiger partial charge < -0.3 is 0 Å². The average Bonchev–Trinajstić information content (AvgIpc) is 3.14. The first-order chi connectivity index (χ1) is 16.8.